The predicted molar refractivity (Wildman–Crippen MR) is 99.6 cm³/mol. The molecule has 0 spiro atoms. The second-order valence-electron chi connectivity index (χ2n) is 6.79. The standard InChI is InChI=1S/C21H26N2O2/c1-14-8-15(2)16(3)20(9-14)25-7-6-21(24)23-11-17-4-5-18-12-22-13-19(18)10-17/h4-5,8-10,22H,6-7,11-13H2,1-3H3,(H,23,24). The summed E-state index contributed by atoms with van der Waals surface area (Å²) in [5.41, 5.74) is 7.35. The molecule has 4 nitrogen and oxygen atoms in total. The summed E-state index contributed by atoms with van der Waals surface area (Å²) in [7, 11) is 0. The first-order valence-electron chi connectivity index (χ1n) is 8.81. The second kappa shape index (κ2) is 7.70. The molecular formula is C21H26N2O2. The van der Waals surface area contributed by atoms with Gasteiger partial charge in [0, 0.05) is 19.6 Å². The maximum absolute atomic E-state index is 12.1. The van der Waals surface area contributed by atoms with Gasteiger partial charge < -0.3 is 15.4 Å². The van der Waals surface area contributed by atoms with Gasteiger partial charge in [-0.2, -0.15) is 0 Å². The van der Waals surface area contributed by atoms with Crippen LogP contribution in [0.3, 0.4) is 0 Å². The second-order valence-corrected chi connectivity index (χ2v) is 6.79. The molecule has 1 aliphatic heterocycles. The third kappa shape index (κ3) is 4.40. The maximum Gasteiger partial charge on any atom is 0.223 e. The van der Waals surface area contributed by atoms with Crippen LogP contribution < -0.4 is 15.4 Å². The lowest BCUT2D eigenvalue weighted by atomic mass is 10.1. The summed E-state index contributed by atoms with van der Waals surface area (Å²) in [5.74, 6) is 0.886. The summed E-state index contributed by atoms with van der Waals surface area (Å²) in [6.45, 7) is 8.99. The van der Waals surface area contributed by atoms with Crippen LogP contribution >= 0.6 is 0 Å². The molecule has 0 radical (unpaired) electrons. The SMILES string of the molecule is Cc1cc(C)c(C)c(OCCC(=O)NCc2ccc3c(c2)CNC3)c1. The number of ether oxygens (including phenoxy) is 1. The van der Waals surface area contributed by atoms with Gasteiger partial charge in [-0.3, -0.25) is 4.79 Å². The quantitative estimate of drug-likeness (QED) is 0.850. The largest absolute Gasteiger partial charge is 0.493 e. The van der Waals surface area contributed by atoms with Crippen LogP contribution in [0.15, 0.2) is 30.3 Å². The molecule has 2 aromatic carbocycles. The van der Waals surface area contributed by atoms with Crippen LogP contribution in [0.2, 0.25) is 0 Å². The summed E-state index contributed by atoms with van der Waals surface area (Å²) in [6.07, 6.45) is 0.360. The van der Waals surface area contributed by atoms with E-state index >= 15 is 0 Å². The van der Waals surface area contributed by atoms with Crippen LogP contribution in [-0.4, -0.2) is 12.5 Å². The zero-order valence-corrected chi connectivity index (χ0v) is 15.2. The van der Waals surface area contributed by atoms with E-state index in [4.69, 9.17) is 4.74 Å². The van der Waals surface area contributed by atoms with Gasteiger partial charge >= 0.3 is 0 Å². The minimum Gasteiger partial charge on any atom is -0.493 e. The highest BCUT2D eigenvalue weighted by Gasteiger charge is 2.11. The van der Waals surface area contributed by atoms with E-state index in [1.54, 1.807) is 0 Å². The van der Waals surface area contributed by atoms with E-state index in [2.05, 4.69) is 48.7 Å². The van der Waals surface area contributed by atoms with Gasteiger partial charge in [0.1, 0.15) is 5.75 Å². The Labute approximate surface area is 149 Å². The minimum atomic E-state index is 0.0145. The van der Waals surface area contributed by atoms with Gasteiger partial charge in [-0.05, 0) is 60.2 Å². The Balaban J connectivity index is 1.46. The molecule has 4 heteroatoms. The molecule has 25 heavy (non-hydrogen) atoms. The number of benzene rings is 2. The van der Waals surface area contributed by atoms with Gasteiger partial charge in [0.2, 0.25) is 5.91 Å². The Morgan fingerprint density at radius 1 is 1.12 bits per heavy atom. The lowest BCUT2D eigenvalue weighted by Gasteiger charge is -2.12. The van der Waals surface area contributed by atoms with Gasteiger partial charge in [0.05, 0.1) is 13.0 Å². The monoisotopic (exact) mass is 338 g/mol. The first-order chi connectivity index (χ1) is 12.0. The summed E-state index contributed by atoms with van der Waals surface area (Å²) < 4.78 is 5.81. The van der Waals surface area contributed by atoms with Crippen LogP contribution in [0.1, 0.15) is 39.8 Å². The van der Waals surface area contributed by atoms with E-state index in [0.717, 1.165) is 30.0 Å². The first kappa shape index (κ1) is 17.5. The number of rotatable bonds is 6. The zero-order chi connectivity index (χ0) is 17.8. The molecule has 0 saturated heterocycles. The van der Waals surface area contributed by atoms with Crippen molar-refractivity contribution in [3.05, 3.63) is 63.7 Å². The van der Waals surface area contributed by atoms with Gasteiger partial charge in [-0.1, -0.05) is 24.3 Å². The van der Waals surface area contributed by atoms with Crippen molar-refractivity contribution in [1.82, 2.24) is 10.6 Å². The lowest BCUT2D eigenvalue weighted by molar-refractivity contribution is -0.121. The molecule has 2 aromatic rings. The average Bonchev–Trinajstić information content (AvgIpc) is 3.05. The van der Waals surface area contributed by atoms with Crippen molar-refractivity contribution in [3.8, 4) is 5.75 Å². The Hall–Kier alpha value is -2.33. The summed E-state index contributed by atoms with van der Waals surface area (Å²) in [4.78, 5) is 12.1. The molecule has 0 aromatic heterocycles. The third-order valence-corrected chi connectivity index (χ3v) is 4.74. The van der Waals surface area contributed by atoms with Gasteiger partial charge in [0.15, 0.2) is 0 Å². The van der Waals surface area contributed by atoms with E-state index in [0.29, 0.717) is 19.6 Å². The number of fused-ring (bicyclic) bond motifs is 1. The molecule has 132 valence electrons. The average molecular weight is 338 g/mol. The molecule has 1 heterocycles. The van der Waals surface area contributed by atoms with Crippen LogP contribution in [0.25, 0.3) is 0 Å². The summed E-state index contributed by atoms with van der Waals surface area (Å²) in [6, 6.07) is 10.6. The number of carbonyl (C=O) groups is 1. The van der Waals surface area contributed by atoms with E-state index in [9.17, 15) is 4.79 Å². The first-order valence-corrected chi connectivity index (χ1v) is 8.81. The van der Waals surface area contributed by atoms with Gasteiger partial charge in [0.25, 0.3) is 0 Å². The predicted octanol–water partition coefficient (Wildman–Crippen LogP) is 3.30. The zero-order valence-electron chi connectivity index (χ0n) is 15.2. The fourth-order valence-electron chi connectivity index (χ4n) is 3.15. The smallest absolute Gasteiger partial charge is 0.223 e. The highest BCUT2D eigenvalue weighted by Crippen LogP contribution is 2.23. The molecule has 0 bridgehead atoms. The molecular weight excluding hydrogens is 312 g/mol. The fraction of sp³-hybridized carbons (Fsp3) is 0.381. The van der Waals surface area contributed by atoms with Crippen molar-refractivity contribution < 1.29 is 9.53 Å². The molecule has 2 N–H and O–H groups in total. The molecule has 0 saturated carbocycles. The molecule has 1 amide bonds. The van der Waals surface area contributed by atoms with E-state index in [-0.39, 0.29) is 5.91 Å². The van der Waals surface area contributed by atoms with Crippen molar-refractivity contribution >= 4 is 5.91 Å². The van der Waals surface area contributed by atoms with E-state index < -0.39 is 0 Å². The lowest BCUT2D eigenvalue weighted by Crippen LogP contribution is -2.24. The summed E-state index contributed by atoms with van der Waals surface area (Å²) >= 11 is 0. The van der Waals surface area contributed by atoms with Crippen LogP contribution in [0.5, 0.6) is 5.75 Å². The number of nitrogens with one attached hydrogen (secondary N) is 2. The Morgan fingerprint density at radius 2 is 1.92 bits per heavy atom. The Morgan fingerprint density at radius 3 is 2.76 bits per heavy atom. The number of carbonyl (C=O) groups excluding carboxylic acids is 1. The summed E-state index contributed by atoms with van der Waals surface area (Å²) in [5, 5.41) is 6.31. The van der Waals surface area contributed by atoms with Crippen molar-refractivity contribution in [2.24, 2.45) is 0 Å². The van der Waals surface area contributed by atoms with Crippen LogP contribution in [0, 0.1) is 20.8 Å². The minimum absolute atomic E-state index is 0.0145. The van der Waals surface area contributed by atoms with E-state index in [1.165, 1.54) is 22.3 Å². The molecule has 0 atom stereocenters. The normalized spacial score (nSPS) is 12.8. The van der Waals surface area contributed by atoms with Crippen LogP contribution in [-0.2, 0) is 24.4 Å². The van der Waals surface area contributed by atoms with Crippen molar-refractivity contribution in [2.75, 3.05) is 6.61 Å². The molecule has 1 aliphatic rings. The van der Waals surface area contributed by atoms with Crippen LogP contribution in [0.4, 0.5) is 0 Å². The number of hydrogen-bond acceptors (Lipinski definition) is 3. The third-order valence-electron chi connectivity index (χ3n) is 4.74. The molecule has 3 rings (SSSR count). The Bertz CT molecular complexity index is 784. The van der Waals surface area contributed by atoms with Gasteiger partial charge in [-0.25, -0.2) is 0 Å². The van der Waals surface area contributed by atoms with E-state index in [1.807, 2.05) is 13.0 Å². The number of amides is 1. The van der Waals surface area contributed by atoms with Crippen molar-refractivity contribution in [2.45, 2.75) is 46.8 Å². The highest BCUT2D eigenvalue weighted by molar-refractivity contribution is 5.76. The number of hydrogen-bond donors (Lipinski definition) is 2. The van der Waals surface area contributed by atoms with Crippen molar-refractivity contribution in [1.29, 1.82) is 0 Å². The molecule has 0 aliphatic carbocycles. The highest BCUT2D eigenvalue weighted by atomic mass is 16.5. The Kier molecular flexibility index (Phi) is 5.39. The topological polar surface area (TPSA) is 50.4 Å². The van der Waals surface area contributed by atoms with Gasteiger partial charge in [-0.15, -0.1) is 0 Å². The maximum atomic E-state index is 12.1. The van der Waals surface area contributed by atoms with Crippen molar-refractivity contribution in [3.63, 3.8) is 0 Å². The fourth-order valence-corrected chi connectivity index (χ4v) is 3.15. The molecule has 0 unspecified atom stereocenters. The molecule has 0 fully saturated rings. The number of aryl methyl sites for hydroxylation is 2.